The Kier molecular flexibility index (Phi) is 6.15. The van der Waals surface area contributed by atoms with Crippen LogP contribution in [0.3, 0.4) is 0 Å². The molecule has 6 nitrogen and oxygen atoms in total. The van der Waals surface area contributed by atoms with E-state index in [4.69, 9.17) is 5.73 Å². The molecule has 1 aliphatic rings. The zero-order valence-corrected chi connectivity index (χ0v) is 14.3. The van der Waals surface area contributed by atoms with Crippen molar-refractivity contribution in [1.82, 2.24) is 9.62 Å². The molecule has 2 unspecified atom stereocenters. The maximum Gasteiger partial charge on any atom is 0.243 e. The molecule has 0 bridgehead atoms. The van der Waals surface area contributed by atoms with Crippen LogP contribution in [0.15, 0.2) is 35.2 Å². The molecule has 7 heteroatoms. The highest BCUT2D eigenvalue weighted by molar-refractivity contribution is 7.89. The van der Waals surface area contributed by atoms with Crippen LogP contribution in [-0.4, -0.2) is 44.8 Å². The molecule has 1 aromatic rings. The van der Waals surface area contributed by atoms with Crippen molar-refractivity contribution in [1.29, 1.82) is 0 Å². The molecule has 3 N–H and O–H groups in total. The molecule has 0 aliphatic heterocycles. The highest BCUT2D eigenvalue weighted by Gasteiger charge is 2.27. The molecule has 0 spiro atoms. The number of benzene rings is 1. The molecular weight excluding hydrogens is 314 g/mol. The van der Waals surface area contributed by atoms with Gasteiger partial charge in [0.2, 0.25) is 15.9 Å². The minimum absolute atomic E-state index is 0.0501. The Morgan fingerprint density at radius 2 is 1.91 bits per heavy atom. The molecule has 128 valence electrons. The largest absolute Gasteiger partial charge is 0.352 e. The van der Waals surface area contributed by atoms with Crippen molar-refractivity contribution < 1.29 is 13.2 Å². The van der Waals surface area contributed by atoms with E-state index in [2.05, 4.69) is 5.32 Å². The van der Waals surface area contributed by atoms with E-state index in [1.807, 2.05) is 0 Å². The number of carbonyl (C=O) groups excluding carboxylic acids is 1. The number of nitrogens with zero attached hydrogens (tertiary/aromatic N) is 1. The van der Waals surface area contributed by atoms with Gasteiger partial charge < -0.3 is 11.1 Å². The summed E-state index contributed by atoms with van der Waals surface area (Å²) in [6.07, 6.45) is 4.12. The van der Waals surface area contributed by atoms with Crippen LogP contribution < -0.4 is 11.1 Å². The van der Waals surface area contributed by atoms with Crippen LogP contribution in [0.4, 0.5) is 0 Å². The average molecular weight is 339 g/mol. The van der Waals surface area contributed by atoms with Crippen LogP contribution in [0.2, 0.25) is 0 Å². The first-order chi connectivity index (χ1) is 10.9. The van der Waals surface area contributed by atoms with Gasteiger partial charge in [0.1, 0.15) is 0 Å². The fraction of sp³-hybridized carbons (Fsp3) is 0.562. The molecule has 1 fully saturated rings. The van der Waals surface area contributed by atoms with Gasteiger partial charge in [-0.15, -0.1) is 0 Å². The minimum atomic E-state index is -3.65. The highest BCUT2D eigenvalue weighted by Crippen LogP contribution is 2.23. The van der Waals surface area contributed by atoms with Crippen molar-refractivity contribution >= 4 is 15.9 Å². The zero-order valence-electron chi connectivity index (χ0n) is 13.4. The van der Waals surface area contributed by atoms with E-state index < -0.39 is 10.0 Å². The summed E-state index contributed by atoms with van der Waals surface area (Å²) in [4.78, 5) is 12.4. The van der Waals surface area contributed by atoms with Gasteiger partial charge in [0.25, 0.3) is 0 Å². The maximum absolute atomic E-state index is 12.4. The molecule has 1 aromatic carbocycles. The first-order valence-corrected chi connectivity index (χ1v) is 9.40. The van der Waals surface area contributed by atoms with Gasteiger partial charge >= 0.3 is 0 Å². The molecule has 0 aromatic heterocycles. The van der Waals surface area contributed by atoms with Crippen LogP contribution in [-0.2, 0) is 14.8 Å². The van der Waals surface area contributed by atoms with Gasteiger partial charge in [-0.3, -0.25) is 4.79 Å². The van der Waals surface area contributed by atoms with Gasteiger partial charge in [-0.05, 0) is 37.4 Å². The lowest BCUT2D eigenvalue weighted by Crippen LogP contribution is -2.48. The summed E-state index contributed by atoms with van der Waals surface area (Å²) < 4.78 is 25.9. The van der Waals surface area contributed by atoms with Crippen molar-refractivity contribution in [3.05, 3.63) is 30.3 Å². The third kappa shape index (κ3) is 4.53. The van der Waals surface area contributed by atoms with E-state index in [1.165, 1.54) is 19.2 Å². The number of rotatable bonds is 6. The number of likely N-dealkylation sites (N-methyl/N-ethyl adjacent to an activating group) is 1. The van der Waals surface area contributed by atoms with Gasteiger partial charge in [0.15, 0.2) is 0 Å². The molecule has 1 aliphatic carbocycles. The molecule has 2 rings (SSSR count). The van der Waals surface area contributed by atoms with Gasteiger partial charge in [0, 0.05) is 13.1 Å². The summed E-state index contributed by atoms with van der Waals surface area (Å²) >= 11 is 0. The first kappa shape index (κ1) is 17.9. The Labute approximate surface area is 138 Å². The highest BCUT2D eigenvalue weighted by atomic mass is 32.2. The van der Waals surface area contributed by atoms with E-state index in [0.29, 0.717) is 6.54 Å². The predicted molar refractivity (Wildman–Crippen MR) is 89.2 cm³/mol. The van der Waals surface area contributed by atoms with Crippen molar-refractivity contribution in [2.75, 3.05) is 20.1 Å². The Balaban J connectivity index is 1.97. The molecular formula is C16H25N3O3S. The lowest BCUT2D eigenvalue weighted by Gasteiger charge is -2.31. The SMILES string of the molecule is CN(CC(=O)NC1CCCCC1CN)S(=O)(=O)c1ccccc1. The number of carbonyl (C=O) groups is 1. The summed E-state index contributed by atoms with van der Waals surface area (Å²) in [5.41, 5.74) is 5.76. The molecule has 1 saturated carbocycles. The van der Waals surface area contributed by atoms with Gasteiger partial charge in [-0.2, -0.15) is 4.31 Å². The smallest absolute Gasteiger partial charge is 0.243 e. The van der Waals surface area contributed by atoms with Crippen LogP contribution in [0.25, 0.3) is 0 Å². The van der Waals surface area contributed by atoms with Crippen LogP contribution in [0.1, 0.15) is 25.7 Å². The van der Waals surface area contributed by atoms with E-state index in [9.17, 15) is 13.2 Å². The third-order valence-electron chi connectivity index (χ3n) is 4.38. The summed E-state index contributed by atoms with van der Waals surface area (Å²) in [6.45, 7) is 0.355. The van der Waals surface area contributed by atoms with E-state index >= 15 is 0 Å². The first-order valence-electron chi connectivity index (χ1n) is 7.96. The monoisotopic (exact) mass is 339 g/mol. The quantitative estimate of drug-likeness (QED) is 0.807. The molecule has 1 amide bonds. The Morgan fingerprint density at radius 3 is 2.57 bits per heavy atom. The number of hydrogen-bond acceptors (Lipinski definition) is 4. The second-order valence-corrected chi connectivity index (χ2v) is 8.07. The fourth-order valence-corrected chi connectivity index (χ4v) is 4.14. The van der Waals surface area contributed by atoms with E-state index in [0.717, 1.165) is 30.0 Å². The molecule has 23 heavy (non-hydrogen) atoms. The van der Waals surface area contributed by atoms with Gasteiger partial charge in [-0.1, -0.05) is 31.0 Å². The Morgan fingerprint density at radius 1 is 1.26 bits per heavy atom. The normalized spacial score (nSPS) is 22.0. The molecule has 0 saturated heterocycles. The number of sulfonamides is 1. The summed E-state index contributed by atoms with van der Waals surface area (Å²) in [5, 5.41) is 2.95. The van der Waals surface area contributed by atoms with Crippen molar-refractivity contribution in [3.63, 3.8) is 0 Å². The standard InChI is InChI=1S/C16H25N3O3S/c1-19(23(21,22)14-8-3-2-4-9-14)12-16(20)18-15-10-6-5-7-13(15)11-17/h2-4,8-9,13,15H,5-7,10-12,17H2,1H3,(H,18,20). The van der Waals surface area contributed by atoms with Crippen LogP contribution >= 0.6 is 0 Å². The summed E-state index contributed by atoms with van der Waals surface area (Å²) in [7, 11) is -2.23. The molecule has 2 atom stereocenters. The number of nitrogens with one attached hydrogen (secondary N) is 1. The van der Waals surface area contributed by atoms with Crippen molar-refractivity contribution in [3.8, 4) is 0 Å². The summed E-state index contributed by atoms with van der Waals surface area (Å²) in [6, 6.07) is 8.17. The van der Waals surface area contributed by atoms with Crippen molar-refractivity contribution in [2.24, 2.45) is 11.7 Å². The van der Waals surface area contributed by atoms with E-state index in [1.54, 1.807) is 18.2 Å². The average Bonchev–Trinajstić information content (AvgIpc) is 2.56. The molecule has 0 heterocycles. The minimum Gasteiger partial charge on any atom is -0.352 e. The second-order valence-electron chi connectivity index (χ2n) is 6.03. The van der Waals surface area contributed by atoms with Gasteiger partial charge in [0.05, 0.1) is 11.4 Å². The predicted octanol–water partition coefficient (Wildman–Crippen LogP) is 0.941. The van der Waals surface area contributed by atoms with Gasteiger partial charge in [-0.25, -0.2) is 8.42 Å². The number of hydrogen-bond donors (Lipinski definition) is 2. The molecule has 0 radical (unpaired) electrons. The Bertz CT molecular complexity index is 619. The van der Waals surface area contributed by atoms with Crippen molar-refractivity contribution in [2.45, 2.75) is 36.6 Å². The lowest BCUT2D eigenvalue weighted by molar-refractivity contribution is -0.122. The van der Waals surface area contributed by atoms with E-state index in [-0.39, 0.29) is 29.3 Å². The topological polar surface area (TPSA) is 92.5 Å². The second kappa shape index (κ2) is 7.90. The fourth-order valence-electron chi connectivity index (χ4n) is 2.99. The van der Waals surface area contributed by atoms with Crippen LogP contribution in [0, 0.1) is 5.92 Å². The summed E-state index contributed by atoms with van der Waals surface area (Å²) in [5.74, 6) is 0.00101. The Hall–Kier alpha value is -1.44. The third-order valence-corrected chi connectivity index (χ3v) is 6.19. The number of amides is 1. The van der Waals surface area contributed by atoms with Crippen LogP contribution in [0.5, 0.6) is 0 Å². The number of nitrogens with two attached hydrogens (primary N) is 1. The zero-order chi connectivity index (χ0) is 16.9. The lowest BCUT2D eigenvalue weighted by atomic mass is 9.84. The maximum atomic E-state index is 12.4.